The molecule has 0 spiro atoms. The molecule has 0 aliphatic carbocycles. The molecule has 0 atom stereocenters. The van der Waals surface area contributed by atoms with Crippen LogP contribution in [0.2, 0.25) is 0 Å². The summed E-state index contributed by atoms with van der Waals surface area (Å²) >= 11 is 0. The Hall–Kier alpha value is -2.28. The maximum atomic E-state index is 13.1. The molecular weight excluding hydrogens is 338 g/mol. The first-order chi connectivity index (χ1) is 12.2. The Morgan fingerprint density at radius 1 is 1.23 bits per heavy atom. The number of nitrogens with two attached hydrogens (primary N) is 1. The predicted octanol–water partition coefficient (Wildman–Crippen LogP) is 2.50. The Morgan fingerprint density at radius 2 is 1.88 bits per heavy atom. The second-order valence-corrected chi connectivity index (χ2v) is 6.63. The van der Waals surface area contributed by atoms with Gasteiger partial charge in [-0.05, 0) is 38.3 Å². The van der Waals surface area contributed by atoms with E-state index in [1.54, 1.807) is 0 Å². The molecule has 2 rings (SSSR count). The van der Waals surface area contributed by atoms with Crippen molar-refractivity contribution in [1.29, 1.82) is 0 Å². The molecule has 7 heteroatoms. The van der Waals surface area contributed by atoms with Gasteiger partial charge in [0.1, 0.15) is 0 Å². The summed E-state index contributed by atoms with van der Waals surface area (Å²) in [6.07, 6.45) is 0.601. The van der Waals surface area contributed by atoms with E-state index in [1.165, 1.54) is 5.56 Å². The highest BCUT2D eigenvalue weighted by Crippen LogP contribution is 2.17. The second kappa shape index (κ2) is 8.40. The van der Waals surface area contributed by atoms with E-state index in [2.05, 4.69) is 34.7 Å². The molecule has 0 aliphatic rings. The van der Waals surface area contributed by atoms with E-state index >= 15 is 0 Å². The number of hydrogen-bond donors (Lipinski definition) is 2. The van der Waals surface area contributed by atoms with E-state index in [4.69, 9.17) is 5.73 Å². The van der Waals surface area contributed by atoms with E-state index < -0.39 is 24.9 Å². The maximum absolute atomic E-state index is 13.1. The summed E-state index contributed by atoms with van der Waals surface area (Å²) < 4.78 is 28.1. The molecule has 26 heavy (non-hydrogen) atoms. The molecule has 1 aromatic carbocycles. The third kappa shape index (κ3) is 5.36. The van der Waals surface area contributed by atoms with Gasteiger partial charge in [-0.3, -0.25) is 9.48 Å². The Bertz CT molecular complexity index is 754. The number of carbonyl (C=O) groups excluding carboxylic acids is 1. The van der Waals surface area contributed by atoms with Gasteiger partial charge in [0.05, 0.1) is 25.3 Å². The minimum atomic E-state index is -3.07. The lowest BCUT2D eigenvalue weighted by Crippen LogP contribution is -2.41. The molecule has 0 saturated carbocycles. The van der Waals surface area contributed by atoms with Gasteiger partial charge in [0.2, 0.25) is 5.91 Å². The molecule has 2 aromatic rings. The summed E-state index contributed by atoms with van der Waals surface area (Å²) in [5.41, 5.74) is 10.1. The molecule has 0 saturated heterocycles. The number of amides is 1. The SMILES string of the molecule is Cc1ccc(Cn2nc(C)c(CCC(=O)NCC(F)(F)CN)c2C)cc1. The lowest BCUT2D eigenvalue weighted by Gasteiger charge is -2.14. The number of benzene rings is 1. The predicted molar refractivity (Wildman–Crippen MR) is 97.3 cm³/mol. The van der Waals surface area contributed by atoms with Gasteiger partial charge in [-0.2, -0.15) is 5.10 Å². The average Bonchev–Trinajstić information content (AvgIpc) is 2.87. The Labute approximate surface area is 152 Å². The molecule has 1 heterocycles. The van der Waals surface area contributed by atoms with Crippen LogP contribution in [0.15, 0.2) is 24.3 Å². The fourth-order valence-corrected chi connectivity index (χ4v) is 2.74. The first-order valence-corrected chi connectivity index (χ1v) is 8.65. The lowest BCUT2D eigenvalue weighted by atomic mass is 10.1. The van der Waals surface area contributed by atoms with Crippen LogP contribution in [0, 0.1) is 20.8 Å². The number of rotatable bonds is 8. The highest BCUT2D eigenvalue weighted by Gasteiger charge is 2.27. The van der Waals surface area contributed by atoms with E-state index in [0.29, 0.717) is 13.0 Å². The van der Waals surface area contributed by atoms with Crippen LogP contribution in [0.5, 0.6) is 0 Å². The number of carbonyl (C=O) groups is 1. The number of nitrogens with zero attached hydrogens (tertiary/aromatic N) is 2. The fraction of sp³-hybridized carbons (Fsp3) is 0.474. The van der Waals surface area contributed by atoms with Gasteiger partial charge in [-0.1, -0.05) is 29.8 Å². The maximum Gasteiger partial charge on any atom is 0.277 e. The fourth-order valence-electron chi connectivity index (χ4n) is 2.74. The zero-order valence-electron chi connectivity index (χ0n) is 15.5. The average molecular weight is 364 g/mol. The number of hydrogen-bond acceptors (Lipinski definition) is 3. The highest BCUT2D eigenvalue weighted by atomic mass is 19.3. The Kier molecular flexibility index (Phi) is 6.47. The molecule has 0 radical (unpaired) electrons. The molecule has 3 N–H and O–H groups in total. The van der Waals surface area contributed by atoms with Crippen molar-refractivity contribution in [3.63, 3.8) is 0 Å². The van der Waals surface area contributed by atoms with E-state index in [1.807, 2.05) is 25.5 Å². The molecule has 1 amide bonds. The number of alkyl halides is 2. The van der Waals surface area contributed by atoms with Gasteiger partial charge >= 0.3 is 0 Å². The zero-order chi connectivity index (χ0) is 19.3. The van der Waals surface area contributed by atoms with Gasteiger partial charge in [-0.25, -0.2) is 8.78 Å². The van der Waals surface area contributed by atoms with Gasteiger partial charge in [0.15, 0.2) is 0 Å². The van der Waals surface area contributed by atoms with Crippen LogP contribution in [-0.2, 0) is 17.8 Å². The van der Waals surface area contributed by atoms with Crippen LogP contribution in [-0.4, -0.2) is 34.7 Å². The Balaban J connectivity index is 1.97. The first kappa shape index (κ1) is 20.0. The van der Waals surface area contributed by atoms with E-state index in [-0.39, 0.29) is 6.42 Å². The monoisotopic (exact) mass is 364 g/mol. The van der Waals surface area contributed by atoms with Crippen molar-refractivity contribution in [2.24, 2.45) is 5.73 Å². The molecule has 0 aliphatic heterocycles. The van der Waals surface area contributed by atoms with Crippen molar-refractivity contribution in [1.82, 2.24) is 15.1 Å². The minimum Gasteiger partial charge on any atom is -0.350 e. The van der Waals surface area contributed by atoms with Crippen molar-refractivity contribution < 1.29 is 13.6 Å². The van der Waals surface area contributed by atoms with Crippen LogP contribution in [0.25, 0.3) is 0 Å². The largest absolute Gasteiger partial charge is 0.350 e. The second-order valence-electron chi connectivity index (χ2n) is 6.63. The topological polar surface area (TPSA) is 72.9 Å². The van der Waals surface area contributed by atoms with Gasteiger partial charge in [-0.15, -0.1) is 0 Å². The van der Waals surface area contributed by atoms with Crippen molar-refractivity contribution >= 4 is 5.91 Å². The van der Waals surface area contributed by atoms with Crippen LogP contribution in [0.3, 0.4) is 0 Å². The third-order valence-electron chi connectivity index (χ3n) is 4.43. The molecule has 142 valence electrons. The van der Waals surface area contributed by atoms with Crippen molar-refractivity contribution in [3.8, 4) is 0 Å². The highest BCUT2D eigenvalue weighted by molar-refractivity contribution is 5.76. The quantitative estimate of drug-likeness (QED) is 0.756. The summed E-state index contributed by atoms with van der Waals surface area (Å²) in [6, 6.07) is 8.25. The minimum absolute atomic E-state index is 0.137. The smallest absolute Gasteiger partial charge is 0.277 e. The number of nitrogens with one attached hydrogen (secondary N) is 1. The Morgan fingerprint density at radius 3 is 2.50 bits per heavy atom. The number of halogens is 2. The molecule has 1 aromatic heterocycles. The zero-order valence-corrected chi connectivity index (χ0v) is 15.5. The summed E-state index contributed by atoms with van der Waals surface area (Å²) in [7, 11) is 0. The van der Waals surface area contributed by atoms with E-state index in [0.717, 1.165) is 22.5 Å². The van der Waals surface area contributed by atoms with Crippen molar-refractivity contribution in [2.45, 2.75) is 46.1 Å². The normalized spacial score (nSPS) is 11.6. The molecule has 0 bridgehead atoms. The van der Waals surface area contributed by atoms with Crippen LogP contribution in [0.1, 0.15) is 34.5 Å². The van der Waals surface area contributed by atoms with Gasteiger partial charge < -0.3 is 11.1 Å². The van der Waals surface area contributed by atoms with Crippen LogP contribution < -0.4 is 11.1 Å². The summed E-state index contributed by atoms with van der Waals surface area (Å²) in [5, 5.41) is 6.79. The van der Waals surface area contributed by atoms with Crippen LogP contribution >= 0.6 is 0 Å². The van der Waals surface area contributed by atoms with Crippen molar-refractivity contribution in [3.05, 3.63) is 52.3 Å². The van der Waals surface area contributed by atoms with E-state index in [9.17, 15) is 13.6 Å². The number of aryl methyl sites for hydroxylation is 2. The van der Waals surface area contributed by atoms with Crippen LogP contribution in [0.4, 0.5) is 8.78 Å². The summed E-state index contributed by atoms with van der Waals surface area (Å²) in [5.74, 6) is -3.48. The van der Waals surface area contributed by atoms with Gasteiger partial charge in [0, 0.05) is 12.1 Å². The first-order valence-electron chi connectivity index (χ1n) is 8.65. The third-order valence-corrected chi connectivity index (χ3v) is 4.43. The van der Waals surface area contributed by atoms with Gasteiger partial charge in [0.25, 0.3) is 5.92 Å². The standard InChI is InChI=1S/C19H26F2N4O/c1-13-4-6-16(7-5-13)10-25-15(3)17(14(2)24-25)8-9-18(26)23-12-19(20,21)11-22/h4-7H,8-12,22H2,1-3H3,(H,23,26). The summed E-state index contributed by atoms with van der Waals surface area (Å²) in [4.78, 5) is 11.8. The molecular formula is C19H26F2N4O. The number of aromatic nitrogens is 2. The molecule has 0 fully saturated rings. The molecule has 5 nitrogen and oxygen atoms in total. The lowest BCUT2D eigenvalue weighted by molar-refractivity contribution is -0.122. The summed E-state index contributed by atoms with van der Waals surface area (Å²) in [6.45, 7) is 5.05. The molecule has 0 unspecified atom stereocenters. The van der Waals surface area contributed by atoms with Crippen molar-refractivity contribution in [2.75, 3.05) is 13.1 Å².